The van der Waals surface area contributed by atoms with Crippen molar-refractivity contribution < 1.29 is 14.8 Å². The van der Waals surface area contributed by atoms with Crippen LogP contribution in [0, 0.1) is 5.92 Å². The number of benzene rings is 1. The quantitative estimate of drug-likeness (QED) is 0.401. The van der Waals surface area contributed by atoms with Crippen LogP contribution in [0.15, 0.2) is 48.8 Å². The number of hydrogen-bond donors (Lipinski definition) is 4. The smallest absolute Gasteiger partial charge is 0.276 e. The van der Waals surface area contributed by atoms with Crippen LogP contribution in [-0.2, 0) is 4.79 Å². The molecule has 0 radical (unpaired) electrons. The molecule has 1 fully saturated rings. The van der Waals surface area contributed by atoms with Gasteiger partial charge in [0.1, 0.15) is 5.82 Å². The van der Waals surface area contributed by atoms with Gasteiger partial charge in [-0.2, -0.15) is 0 Å². The van der Waals surface area contributed by atoms with Gasteiger partial charge in [-0.15, -0.1) is 0 Å². The molecule has 0 spiro atoms. The summed E-state index contributed by atoms with van der Waals surface area (Å²) in [6, 6.07) is 11.1. The van der Waals surface area contributed by atoms with Gasteiger partial charge in [0.15, 0.2) is 0 Å². The second-order valence-corrected chi connectivity index (χ2v) is 7.02. The monoisotopic (exact) mass is 391 g/mol. The maximum Gasteiger partial charge on any atom is 0.276 e. The predicted octanol–water partition coefficient (Wildman–Crippen LogP) is 2.35. The molecular weight excluding hydrogens is 370 g/mol. The van der Waals surface area contributed by atoms with E-state index in [1.54, 1.807) is 17.7 Å². The average Bonchev–Trinajstić information content (AvgIpc) is 2.78. The van der Waals surface area contributed by atoms with E-state index in [-0.39, 0.29) is 17.4 Å². The third kappa shape index (κ3) is 4.23. The number of aromatic nitrogens is 2. The lowest BCUT2D eigenvalue weighted by Crippen LogP contribution is -2.34. The van der Waals surface area contributed by atoms with Crippen LogP contribution in [0.2, 0.25) is 0 Å². The van der Waals surface area contributed by atoms with E-state index < -0.39 is 5.91 Å². The summed E-state index contributed by atoms with van der Waals surface area (Å²) < 4.78 is 0. The fourth-order valence-electron chi connectivity index (χ4n) is 3.48. The number of fused-ring (bicyclic) bond motifs is 1. The molecule has 2 amide bonds. The number of amides is 2. The van der Waals surface area contributed by atoms with Gasteiger partial charge < -0.3 is 10.6 Å². The summed E-state index contributed by atoms with van der Waals surface area (Å²) in [5.41, 5.74) is 4.42. The van der Waals surface area contributed by atoms with E-state index >= 15 is 0 Å². The molecule has 148 valence electrons. The summed E-state index contributed by atoms with van der Waals surface area (Å²) in [4.78, 5) is 32.6. The zero-order chi connectivity index (χ0) is 20.2. The number of carbonyl (C=O) groups excluding carboxylic acids is 2. The van der Waals surface area contributed by atoms with Gasteiger partial charge in [0, 0.05) is 23.7 Å². The molecule has 1 aromatic carbocycles. The van der Waals surface area contributed by atoms with Crippen molar-refractivity contribution in [1.29, 1.82) is 0 Å². The van der Waals surface area contributed by atoms with Crippen LogP contribution in [0.3, 0.4) is 0 Å². The molecular formula is C21H21N5O3. The fourth-order valence-corrected chi connectivity index (χ4v) is 3.48. The topological polar surface area (TPSA) is 116 Å². The van der Waals surface area contributed by atoms with E-state index in [0.717, 1.165) is 42.4 Å². The van der Waals surface area contributed by atoms with Gasteiger partial charge in [0.2, 0.25) is 5.91 Å². The maximum absolute atomic E-state index is 12.5. The molecule has 0 aliphatic carbocycles. The molecule has 3 aromatic rings. The second kappa shape index (κ2) is 8.34. The Morgan fingerprint density at radius 1 is 1.03 bits per heavy atom. The van der Waals surface area contributed by atoms with Crippen molar-refractivity contribution in [3.05, 3.63) is 54.4 Å². The average molecular weight is 391 g/mol. The van der Waals surface area contributed by atoms with Gasteiger partial charge in [-0.1, -0.05) is 12.1 Å². The Kier molecular flexibility index (Phi) is 5.46. The van der Waals surface area contributed by atoms with Crippen molar-refractivity contribution in [2.75, 3.05) is 18.4 Å². The molecule has 0 unspecified atom stereocenters. The lowest BCUT2D eigenvalue weighted by molar-refractivity contribution is -0.120. The van der Waals surface area contributed by atoms with Crippen molar-refractivity contribution in [1.82, 2.24) is 20.8 Å². The predicted molar refractivity (Wildman–Crippen MR) is 108 cm³/mol. The molecule has 2 aromatic heterocycles. The summed E-state index contributed by atoms with van der Waals surface area (Å²) in [6.07, 6.45) is 4.74. The Labute approximate surface area is 167 Å². The first-order valence-corrected chi connectivity index (χ1v) is 9.46. The molecule has 4 N–H and O–H groups in total. The lowest BCUT2D eigenvalue weighted by Gasteiger charge is -2.21. The minimum absolute atomic E-state index is 0.00557. The fraction of sp³-hybridized carbons (Fsp3) is 0.238. The number of rotatable bonds is 4. The molecule has 8 heteroatoms. The van der Waals surface area contributed by atoms with Crippen LogP contribution >= 0.6 is 0 Å². The van der Waals surface area contributed by atoms with Crippen molar-refractivity contribution >= 4 is 28.5 Å². The molecule has 1 saturated heterocycles. The van der Waals surface area contributed by atoms with Crippen molar-refractivity contribution in [3.63, 3.8) is 0 Å². The molecule has 0 saturated carbocycles. The Hall–Kier alpha value is -3.36. The van der Waals surface area contributed by atoms with Crippen LogP contribution in [0.5, 0.6) is 0 Å². The molecule has 29 heavy (non-hydrogen) atoms. The number of nitrogens with one attached hydrogen (secondary N) is 3. The third-order valence-electron chi connectivity index (χ3n) is 5.10. The molecule has 1 aliphatic rings. The normalized spacial score (nSPS) is 14.5. The Balaban J connectivity index is 1.56. The van der Waals surface area contributed by atoms with Gasteiger partial charge in [-0.05, 0) is 61.3 Å². The molecule has 0 bridgehead atoms. The Morgan fingerprint density at radius 2 is 1.83 bits per heavy atom. The van der Waals surface area contributed by atoms with Crippen molar-refractivity contribution in [2.45, 2.75) is 12.8 Å². The van der Waals surface area contributed by atoms with Crippen molar-refractivity contribution in [3.8, 4) is 11.1 Å². The van der Waals surface area contributed by atoms with Gasteiger partial charge in [0.05, 0.1) is 11.1 Å². The number of hydrogen-bond acceptors (Lipinski definition) is 6. The Morgan fingerprint density at radius 3 is 2.62 bits per heavy atom. The van der Waals surface area contributed by atoms with E-state index in [0.29, 0.717) is 11.3 Å². The summed E-state index contributed by atoms with van der Waals surface area (Å²) in [7, 11) is 0. The minimum Gasteiger partial charge on any atom is -0.317 e. The number of piperidine rings is 1. The van der Waals surface area contributed by atoms with Gasteiger partial charge in [0.25, 0.3) is 5.91 Å². The lowest BCUT2D eigenvalue weighted by atomic mass is 9.97. The summed E-state index contributed by atoms with van der Waals surface area (Å²) in [6.45, 7) is 1.72. The number of carbonyl (C=O) groups is 2. The Bertz CT molecular complexity index is 1060. The largest absolute Gasteiger partial charge is 0.317 e. The highest BCUT2D eigenvalue weighted by atomic mass is 16.5. The van der Waals surface area contributed by atoms with Crippen LogP contribution in [0.25, 0.3) is 22.0 Å². The molecule has 3 heterocycles. The second-order valence-electron chi connectivity index (χ2n) is 7.02. The minimum atomic E-state index is -0.605. The third-order valence-corrected chi connectivity index (χ3v) is 5.10. The van der Waals surface area contributed by atoms with Crippen LogP contribution < -0.4 is 16.1 Å². The zero-order valence-electron chi connectivity index (χ0n) is 15.7. The van der Waals surface area contributed by atoms with E-state index in [2.05, 4.69) is 20.6 Å². The summed E-state index contributed by atoms with van der Waals surface area (Å²) in [5, 5.41) is 15.7. The molecule has 8 nitrogen and oxygen atoms in total. The highest BCUT2D eigenvalue weighted by molar-refractivity contribution is 5.97. The first-order valence-electron chi connectivity index (χ1n) is 9.46. The van der Waals surface area contributed by atoms with Gasteiger partial charge >= 0.3 is 0 Å². The van der Waals surface area contributed by atoms with Crippen LogP contribution in [0.1, 0.15) is 23.2 Å². The number of anilines is 1. The van der Waals surface area contributed by atoms with Crippen LogP contribution in [0.4, 0.5) is 5.82 Å². The summed E-state index contributed by atoms with van der Waals surface area (Å²) >= 11 is 0. The van der Waals surface area contributed by atoms with E-state index in [4.69, 9.17) is 5.21 Å². The van der Waals surface area contributed by atoms with E-state index in [1.165, 1.54) is 6.20 Å². The van der Waals surface area contributed by atoms with Crippen molar-refractivity contribution in [2.24, 2.45) is 5.92 Å². The highest BCUT2D eigenvalue weighted by Gasteiger charge is 2.21. The van der Waals surface area contributed by atoms with Gasteiger partial charge in [-0.25, -0.2) is 10.5 Å². The van der Waals surface area contributed by atoms with E-state index in [9.17, 15) is 9.59 Å². The molecule has 4 rings (SSSR count). The first kappa shape index (κ1) is 19.0. The highest BCUT2D eigenvalue weighted by Crippen LogP contribution is 2.26. The summed E-state index contributed by atoms with van der Waals surface area (Å²) in [5.74, 6) is -0.0660. The zero-order valence-corrected chi connectivity index (χ0v) is 15.7. The SMILES string of the molecule is O=C(NO)c1cnc2cc(-c3ccnc(NC(=O)C4CCNCC4)c3)ccc2c1. The standard InChI is InChI=1S/C21H21N5O3/c27-20(13-3-6-22-7-4-13)25-19-11-15(5-8-23-19)14-1-2-16-9-17(21(28)26-29)12-24-18(16)10-14/h1-2,5,8-13,22,29H,3-4,6-7H2,(H,26,28)(H,23,25,27). The van der Waals surface area contributed by atoms with Crippen LogP contribution in [-0.4, -0.2) is 40.1 Å². The first-order chi connectivity index (χ1) is 14.1. The molecule has 1 aliphatic heterocycles. The maximum atomic E-state index is 12.5. The van der Waals surface area contributed by atoms with E-state index in [1.807, 2.05) is 30.3 Å². The number of nitrogens with zero attached hydrogens (tertiary/aromatic N) is 2. The number of hydroxylamine groups is 1. The molecule has 0 atom stereocenters. The van der Waals surface area contributed by atoms with Gasteiger partial charge in [-0.3, -0.25) is 19.8 Å². The number of pyridine rings is 2.